The SMILES string of the molecule is CCCNCCCOSc1cccc2oc3ccccc3c(=O)c12. The van der Waals surface area contributed by atoms with Crippen molar-refractivity contribution >= 4 is 34.0 Å². The Bertz CT molecular complexity index is 875. The van der Waals surface area contributed by atoms with Crippen molar-refractivity contribution in [2.45, 2.75) is 24.7 Å². The molecule has 126 valence electrons. The first kappa shape index (κ1) is 17.0. The van der Waals surface area contributed by atoms with Crippen molar-refractivity contribution in [3.05, 3.63) is 52.7 Å². The van der Waals surface area contributed by atoms with Gasteiger partial charge in [0.1, 0.15) is 11.2 Å². The minimum atomic E-state index is -0.0110. The van der Waals surface area contributed by atoms with E-state index in [0.717, 1.165) is 30.8 Å². The predicted octanol–water partition coefficient (Wildman–Crippen LogP) is 4.36. The normalized spacial score (nSPS) is 11.4. The van der Waals surface area contributed by atoms with E-state index in [0.29, 0.717) is 28.5 Å². The Balaban J connectivity index is 1.76. The molecule has 3 rings (SSSR count). The Morgan fingerprint density at radius 1 is 1.08 bits per heavy atom. The number of hydrogen-bond donors (Lipinski definition) is 1. The molecule has 2 aromatic carbocycles. The summed E-state index contributed by atoms with van der Waals surface area (Å²) in [5, 5.41) is 4.53. The lowest BCUT2D eigenvalue weighted by Crippen LogP contribution is -2.16. The Hall–Kier alpha value is -1.82. The third-order valence-corrected chi connectivity index (χ3v) is 4.53. The van der Waals surface area contributed by atoms with Crippen LogP contribution >= 0.6 is 12.0 Å². The number of hydrogen-bond acceptors (Lipinski definition) is 5. The number of fused-ring (bicyclic) bond motifs is 2. The molecule has 0 fully saturated rings. The molecule has 4 nitrogen and oxygen atoms in total. The van der Waals surface area contributed by atoms with E-state index in [9.17, 15) is 4.79 Å². The molecule has 1 aromatic heterocycles. The molecule has 0 saturated heterocycles. The number of benzene rings is 2. The second-order valence-electron chi connectivity index (χ2n) is 5.57. The molecule has 0 amide bonds. The lowest BCUT2D eigenvalue weighted by atomic mass is 10.1. The van der Waals surface area contributed by atoms with E-state index in [1.54, 1.807) is 6.07 Å². The summed E-state index contributed by atoms with van der Waals surface area (Å²) in [4.78, 5) is 13.6. The van der Waals surface area contributed by atoms with Gasteiger partial charge in [-0.25, -0.2) is 0 Å². The van der Waals surface area contributed by atoms with Crippen molar-refractivity contribution in [2.75, 3.05) is 19.7 Å². The van der Waals surface area contributed by atoms with Crippen LogP contribution in [0.2, 0.25) is 0 Å². The second-order valence-corrected chi connectivity index (χ2v) is 6.41. The lowest BCUT2D eigenvalue weighted by Gasteiger charge is -2.07. The molecule has 0 saturated carbocycles. The summed E-state index contributed by atoms with van der Waals surface area (Å²) in [6.07, 6.45) is 2.07. The third-order valence-electron chi connectivity index (χ3n) is 3.72. The van der Waals surface area contributed by atoms with Crippen molar-refractivity contribution in [2.24, 2.45) is 0 Å². The maximum absolute atomic E-state index is 12.8. The molecule has 0 unspecified atom stereocenters. The van der Waals surface area contributed by atoms with E-state index in [-0.39, 0.29) is 5.43 Å². The van der Waals surface area contributed by atoms with Gasteiger partial charge in [-0.15, -0.1) is 0 Å². The van der Waals surface area contributed by atoms with Crippen LogP contribution in [0.5, 0.6) is 0 Å². The van der Waals surface area contributed by atoms with Crippen LogP contribution in [-0.2, 0) is 4.18 Å². The van der Waals surface area contributed by atoms with Gasteiger partial charge in [-0.2, -0.15) is 0 Å². The maximum atomic E-state index is 12.8. The van der Waals surface area contributed by atoms with Crippen molar-refractivity contribution in [3.63, 3.8) is 0 Å². The second kappa shape index (κ2) is 8.33. The van der Waals surface area contributed by atoms with Crippen LogP contribution < -0.4 is 10.7 Å². The summed E-state index contributed by atoms with van der Waals surface area (Å²) in [6.45, 7) is 4.76. The molecule has 0 aliphatic rings. The van der Waals surface area contributed by atoms with Gasteiger partial charge in [-0.3, -0.25) is 4.79 Å². The molecule has 0 radical (unpaired) electrons. The van der Waals surface area contributed by atoms with Crippen LogP contribution in [0.3, 0.4) is 0 Å². The molecule has 1 N–H and O–H groups in total. The fourth-order valence-corrected chi connectivity index (χ4v) is 3.29. The Morgan fingerprint density at radius 3 is 2.79 bits per heavy atom. The zero-order valence-corrected chi connectivity index (χ0v) is 14.5. The van der Waals surface area contributed by atoms with Gasteiger partial charge in [0.25, 0.3) is 0 Å². The fraction of sp³-hybridized carbons (Fsp3) is 0.316. The van der Waals surface area contributed by atoms with Gasteiger partial charge in [0.2, 0.25) is 5.43 Å². The van der Waals surface area contributed by atoms with Crippen LogP contribution in [0.15, 0.2) is 56.6 Å². The Kier molecular flexibility index (Phi) is 5.91. The van der Waals surface area contributed by atoms with E-state index >= 15 is 0 Å². The predicted molar refractivity (Wildman–Crippen MR) is 99.6 cm³/mol. The number of para-hydroxylation sites is 1. The molecule has 0 atom stereocenters. The smallest absolute Gasteiger partial charge is 0.201 e. The largest absolute Gasteiger partial charge is 0.456 e. The van der Waals surface area contributed by atoms with Gasteiger partial charge < -0.3 is 13.9 Å². The molecule has 5 heteroatoms. The fourth-order valence-electron chi connectivity index (χ4n) is 2.55. The molecular weight excluding hydrogens is 322 g/mol. The van der Waals surface area contributed by atoms with Crippen LogP contribution in [-0.4, -0.2) is 19.7 Å². The highest BCUT2D eigenvalue weighted by atomic mass is 32.2. The van der Waals surface area contributed by atoms with Gasteiger partial charge >= 0.3 is 0 Å². The lowest BCUT2D eigenvalue weighted by molar-refractivity contribution is 0.360. The first-order chi connectivity index (χ1) is 11.8. The molecule has 3 aromatic rings. The van der Waals surface area contributed by atoms with E-state index in [4.69, 9.17) is 8.60 Å². The highest BCUT2D eigenvalue weighted by Gasteiger charge is 2.11. The van der Waals surface area contributed by atoms with Crippen molar-refractivity contribution in [3.8, 4) is 0 Å². The van der Waals surface area contributed by atoms with E-state index < -0.39 is 0 Å². The van der Waals surface area contributed by atoms with Gasteiger partial charge in [0.15, 0.2) is 0 Å². The average molecular weight is 343 g/mol. The van der Waals surface area contributed by atoms with Crippen LogP contribution in [0, 0.1) is 0 Å². The van der Waals surface area contributed by atoms with Crippen LogP contribution in [0.25, 0.3) is 21.9 Å². The summed E-state index contributed by atoms with van der Waals surface area (Å²) in [6, 6.07) is 12.9. The monoisotopic (exact) mass is 343 g/mol. The van der Waals surface area contributed by atoms with Gasteiger partial charge in [-0.1, -0.05) is 25.1 Å². The first-order valence-electron chi connectivity index (χ1n) is 8.26. The quantitative estimate of drug-likeness (QED) is 0.374. The standard InChI is InChI=1S/C19H21NO3S/c1-2-11-20-12-6-13-22-24-17-10-5-9-16-18(17)19(21)14-7-3-4-8-15(14)23-16/h3-5,7-10,20H,2,6,11-13H2,1H3. The molecule has 0 aliphatic carbocycles. The summed E-state index contributed by atoms with van der Waals surface area (Å²) in [5.41, 5.74) is 1.19. The highest BCUT2D eigenvalue weighted by molar-refractivity contribution is 7.95. The molecule has 0 bridgehead atoms. The maximum Gasteiger partial charge on any atom is 0.201 e. The highest BCUT2D eigenvalue weighted by Crippen LogP contribution is 2.28. The summed E-state index contributed by atoms with van der Waals surface area (Å²) >= 11 is 1.25. The van der Waals surface area contributed by atoms with E-state index in [1.165, 1.54) is 12.0 Å². The Labute approximate surface area is 145 Å². The topological polar surface area (TPSA) is 51.5 Å². The molecule has 0 spiro atoms. The number of rotatable bonds is 8. The van der Waals surface area contributed by atoms with Crippen molar-refractivity contribution < 1.29 is 8.60 Å². The number of nitrogens with one attached hydrogen (secondary N) is 1. The van der Waals surface area contributed by atoms with Gasteiger partial charge in [0, 0.05) is 12.0 Å². The minimum Gasteiger partial charge on any atom is -0.456 e. The zero-order chi connectivity index (χ0) is 16.8. The molecule has 0 aliphatic heterocycles. The Morgan fingerprint density at radius 2 is 1.92 bits per heavy atom. The zero-order valence-electron chi connectivity index (χ0n) is 13.7. The van der Waals surface area contributed by atoms with E-state index in [1.807, 2.05) is 36.4 Å². The van der Waals surface area contributed by atoms with Crippen molar-refractivity contribution in [1.82, 2.24) is 5.32 Å². The molecular formula is C19H21NO3S. The summed E-state index contributed by atoms with van der Waals surface area (Å²) in [7, 11) is 0. The molecule has 24 heavy (non-hydrogen) atoms. The third kappa shape index (κ3) is 3.80. The van der Waals surface area contributed by atoms with E-state index in [2.05, 4.69) is 12.2 Å². The average Bonchev–Trinajstić information content (AvgIpc) is 2.61. The summed E-state index contributed by atoms with van der Waals surface area (Å²) < 4.78 is 11.5. The van der Waals surface area contributed by atoms with Gasteiger partial charge in [0.05, 0.1) is 22.3 Å². The summed E-state index contributed by atoms with van der Waals surface area (Å²) in [5.74, 6) is 0. The first-order valence-corrected chi connectivity index (χ1v) is 9.00. The van der Waals surface area contributed by atoms with Crippen LogP contribution in [0.1, 0.15) is 19.8 Å². The van der Waals surface area contributed by atoms with Crippen molar-refractivity contribution in [1.29, 1.82) is 0 Å². The molecule has 1 heterocycles. The minimum absolute atomic E-state index is 0.0110. The van der Waals surface area contributed by atoms with Crippen LogP contribution in [0.4, 0.5) is 0 Å². The van der Waals surface area contributed by atoms with Gasteiger partial charge in [-0.05, 0) is 50.2 Å².